The largest absolute Gasteiger partial charge is 0.478 e. The van der Waals surface area contributed by atoms with Crippen LogP contribution in [0.5, 0.6) is 0 Å². The molecule has 0 saturated carbocycles. The van der Waals surface area contributed by atoms with Gasteiger partial charge in [-0.25, -0.2) is 4.79 Å². The van der Waals surface area contributed by atoms with Crippen molar-refractivity contribution in [1.29, 1.82) is 0 Å². The standard InChI is InChI=1S/C12H8BrClO2S2/c13-10-3-1-7(5-9(10)12(15)16)17-6-8-2-4-11(14)18-8/h1-5H,6H2,(H,15,16). The average Bonchev–Trinajstić information content (AvgIpc) is 2.74. The van der Waals surface area contributed by atoms with Crippen molar-refractivity contribution in [3.63, 3.8) is 0 Å². The van der Waals surface area contributed by atoms with Crippen LogP contribution in [0.1, 0.15) is 15.2 Å². The third-order valence-electron chi connectivity index (χ3n) is 2.18. The van der Waals surface area contributed by atoms with E-state index in [1.807, 2.05) is 18.2 Å². The molecule has 0 bridgehead atoms. The summed E-state index contributed by atoms with van der Waals surface area (Å²) in [5.41, 5.74) is 0.282. The lowest BCUT2D eigenvalue weighted by Gasteiger charge is -2.03. The van der Waals surface area contributed by atoms with Crippen LogP contribution in [0.25, 0.3) is 0 Å². The van der Waals surface area contributed by atoms with Crippen LogP contribution in [-0.4, -0.2) is 11.1 Å². The zero-order valence-corrected chi connectivity index (χ0v) is 13.0. The number of hydrogen-bond donors (Lipinski definition) is 1. The first-order valence-electron chi connectivity index (χ1n) is 4.96. The minimum absolute atomic E-state index is 0.282. The molecule has 2 nitrogen and oxygen atoms in total. The molecule has 2 aromatic rings. The van der Waals surface area contributed by atoms with E-state index >= 15 is 0 Å². The van der Waals surface area contributed by atoms with Gasteiger partial charge in [0, 0.05) is 20.0 Å². The van der Waals surface area contributed by atoms with E-state index in [2.05, 4.69) is 15.9 Å². The van der Waals surface area contributed by atoms with Gasteiger partial charge in [0.2, 0.25) is 0 Å². The molecule has 0 aliphatic rings. The van der Waals surface area contributed by atoms with Crippen molar-refractivity contribution in [3.8, 4) is 0 Å². The monoisotopic (exact) mass is 362 g/mol. The number of carbonyl (C=O) groups is 1. The molecule has 1 heterocycles. The van der Waals surface area contributed by atoms with Crippen LogP contribution in [0.3, 0.4) is 0 Å². The molecule has 1 N–H and O–H groups in total. The van der Waals surface area contributed by atoms with E-state index in [9.17, 15) is 4.79 Å². The summed E-state index contributed by atoms with van der Waals surface area (Å²) in [6.45, 7) is 0. The second-order valence-electron chi connectivity index (χ2n) is 3.44. The Labute approximate surface area is 126 Å². The topological polar surface area (TPSA) is 37.3 Å². The highest BCUT2D eigenvalue weighted by Gasteiger charge is 2.09. The first-order valence-corrected chi connectivity index (χ1v) is 7.93. The third-order valence-corrected chi connectivity index (χ3v) is 5.33. The number of thiophene rings is 1. The van der Waals surface area contributed by atoms with Gasteiger partial charge in [0.1, 0.15) is 0 Å². The molecule has 0 fully saturated rings. The molecule has 0 aliphatic heterocycles. The second kappa shape index (κ2) is 6.10. The van der Waals surface area contributed by atoms with Gasteiger partial charge in [0.05, 0.1) is 9.90 Å². The van der Waals surface area contributed by atoms with E-state index in [-0.39, 0.29) is 5.56 Å². The summed E-state index contributed by atoms with van der Waals surface area (Å²) in [5, 5.41) is 9.02. The number of thioether (sulfide) groups is 1. The van der Waals surface area contributed by atoms with Gasteiger partial charge in [-0.2, -0.15) is 0 Å². The van der Waals surface area contributed by atoms with Crippen molar-refractivity contribution in [3.05, 3.63) is 49.6 Å². The molecular formula is C12H8BrClO2S2. The molecule has 18 heavy (non-hydrogen) atoms. The molecule has 1 aromatic carbocycles. The zero-order valence-electron chi connectivity index (χ0n) is 9.02. The second-order valence-corrected chi connectivity index (χ2v) is 7.14. The highest BCUT2D eigenvalue weighted by molar-refractivity contribution is 9.10. The minimum atomic E-state index is -0.927. The zero-order chi connectivity index (χ0) is 13.1. The smallest absolute Gasteiger partial charge is 0.336 e. The van der Waals surface area contributed by atoms with Gasteiger partial charge in [-0.3, -0.25) is 0 Å². The van der Waals surface area contributed by atoms with E-state index in [1.165, 1.54) is 16.2 Å². The van der Waals surface area contributed by atoms with E-state index in [4.69, 9.17) is 16.7 Å². The minimum Gasteiger partial charge on any atom is -0.478 e. The summed E-state index contributed by atoms with van der Waals surface area (Å²) in [6.07, 6.45) is 0. The van der Waals surface area contributed by atoms with Crippen LogP contribution in [0.2, 0.25) is 4.34 Å². The van der Waals surface area contributed by atoms with Crippen molar-refractivity contribution >= 4 is 56.6 Å². The number of hydrogen-bond acceptors (Lipinski definition) is 3. The highest BCUT2D eigenvalue weighted by atomic mass is 79.9. The molecule has 0 unspecified atom stereocenters. The Hall–Kier alpha value is -0.490. The molecule has 0 spiro atoms. The number of benzene rings is 1. The summed E-state index contributed by atoms with van der Waals surface area (Å²) in [4.78, 5) is 13.1. The van der Waals surface area contributed by atoms with Crippen LogP contribution < -0.4 is 0 Å². The van der Waals surface area contributed by atoms with Crippen LogP contribution in [0, 0.1) is 0 Å². The normalized spacial score (nSPS) is 10.6. The molecule has 1 aromatic heterocycles. The van der Waals surface area contributed by atoms with Crippen LogP contribution >= 0.6 is 50.6 Å². The maximum absolute atomic E-state index is 11.0. The first kappa shape index (κ1) is 13.9. The van der Waals surface area contributed by atoms with Gasteiger partial charge >= 0.3 is 5.97 Å². The van der Waals surface area contributed by atoms with Crippen molar-refractivity contribution in [2.24, 2.45) is 0 Å². The molecule has 94 valence electrons. The third kappa shape index (κ3) is 3.51. The lowest BCUT2D eigenvalue weighted by atomic mass is 10.2. The van der Waals surface area contributed by atoms with Crippen LogP contribution in [0.15, 0.2) is 39.7 Å². The van der Waals surface area contributed by atoms with Crippen molar-refractivity contribution in [2.45, 2.75) is 10.6 Å². The Bertz CT molecular complexity index is 583. The molecular weight excluding hydrogens is 356 g/mol. The predicted octanol–water partition coefficient (Wildman–Crippen LogP) is 5.15. The lowest BCUT2D eigenvalue weighted by Crippen LogP contribution is -1.97. The summed E-state index contributed by atoms with van der Waals surface area (Å²) in [5.74, 6) is -0.138. The lowest BCUT2D eigenvalue weighted by molar-refractivity contribution is 0.0695. The number of rotatable bonds is 4. The van der Waals surface area contributed by atoms with Gasteiger partial charge < -0.3 is 5.11 Å². The molecule has 0 saturated heterocycles. The highest BCUT2D eigenvalue weighted by Crippen LogP contribution is 2.30. The van der Waals surface area contributed by atoms with Gasteiger partial charge in [0.15, 0.2) is 0 Å². The molecule has 0 atom stereocenters. The number of carboxylic acids is 1. The fourth-order valence-electron chi connectivity index (χ4n) is 1.34. The Morgan fingerprint density at radius 2 is 2.17 bits per heavy atom. The van der Waals surface area contributed by atoms with Gasteiger partial charge in [-0.15, -0.1) is 23.1 Å². The van der Waals surface area contributed by atoms with E-state index < -0.39 is 5.97 Å². The van der Waals surface area contributed by atoms with Gasteiger partial charge in [-0.1, -0.05) is 11.6 Å². The maximum Gasteiger partial charge on any atom is 0.336 e. The Morgan fingerprint density at radius 1 is 1.39 bits per heavy atom. The van der Waals surface area contributed by atoms with E-state index in [0.717, 1.165) is 15.0 Å². The Kier molecular flexibility index (Phi) is 4.72. The van der Waals surface area contributed by atoms with Gasteiger partial charge in [-0.05, 0) is 46.3 Å². The van der Waals surface area contributed by atoms with Crippen LogP contribution in [-0.2, 0) is 5.75 Å². The summed E-state index contributed by atoms with van der Waals surface area (Å²) < 4.78 is 1.37. The molecule has 2 rings (SSSR count). The fourth-order valence-corrected chi connectivity index (χ4v) is 3.82. The van der Waals surface area contributed by atoms with Crippen LogP contribution in [0.4, 0.5) is 0 Å². The Morgan fingerprint density at radius 3 is 2.78 bits per heavy atom. The fraction of sp³-hybridized carbons (Fsp3) is 0.0833. The number of halogens is 2. The molecule has 0 radical (unpaired) electrons. The van der Waals surface area contributed by atoms with E-state index in [1.54, 1.807) is 23.9 Å². The van der Waals surface area contributed by atoms with Crippen molar-refractivity contribution in [2.75, 3.05) is 0 Å². The number of carboxylic acid groups (broad SMARTS) is 1. The summed E-state index contributed by atoms with van der Waals surface area (Å²) in [6, 6.07) is 9.18. The SMILES string of the molecule is O=C(O)c1cc(SCc2ccc(Cl)s2)ccc1Br. The van der Waals surface area contributed by atoms with Crippen molar-refractivity contribution < 1.29 is 9.90 Å². The maximum atomic E-state index is 11.0. The molecule has 0 aliphatic carbocycles. The predicted molar refractivity (Wildman–Crippen MR) is 80.0 cm³/mol. The first-order chi connectivity index (χ1) is 8.56. The van der Waals surface area contributed by atoms with E-state index in [0.29, 0.717) is 4.47 Å². The average molecular weight is 364 g/mol. The summed E-state index contributed by atoms with van der Waals surface area (Å²) >= 11 is 12.2. The van der Waals surface area contributed by atoms with Crippen molar-refractivity contribution in [1.82, 2.24) is 0 Å². The summed E-state index contributed by atoms with van der Waals surface area (Å²) in [7, 11) is 0. The molecule has 0 amide bonds. The number of aromatic carboxylic acids is 1. The Balaban J connectivity index is 2.10. The molecule has 6 heteroatoms. The quantitative estimate of drug-likeness (QED) is 0.763. The van der Waals surface area contributed by atoms with Gasteiger partial charge in [0.25, 0.3) is 0 Å².